The first-order valence-electron chi connectivity index (χ1n) is 14.4. The molecule has 4 rings (SSSR count). The van der Waals surface area contributed by atoms with E-state index in [-0.39, 0.29) is 11.7 Å². The second kappa shape index (κ2) is 20.2. The maximum Gasteiger partial charge on any atom is 0.296 e. The summed E-state index contributed by atoms with van der Waals surface area (Å²) < 4.78 is 1.48. The van der Waals surface area contributed by atoms with Gasteiger partial charge in [0.05, 0.1) is 6.04 Å². The zero-order valence-corrected chi connectivity index (χ0v) is 25.9. The Morgan fingerprint density at radius 1 is 1.03 bits per heavy atom. The molecule has 9 nitrogen and oxygen atoms in total. The number of amides is 1. The first-order chi connectivity index (χ1) is 18.8. The normalized spacial score (nSPS) is 15.6. The van der Waals surface area contributed by atoms with Gasteiger partial charge in [0, 0.05) is 13.1 Å². The first kappa shape index (κ1) is 36.2. The molecule has 1 aromatic heterocycles. The number of nitrogens with zero attached hydrogens (tertiary/aromatic N) is 4. The van der Waals surface area contributed by atoms with Crippen molar-refractivity contribution < 1.29 is 9.90 Å². The summed E-state index contributed by atoms with van der Waals surface area (Å²) in [5, 5.41) is 13.0. The molecule has 3 heterocycles. The van der Waals surface area contributed by atoms with Gasteiger partial charge in [-0.1, -0.05) is 58.9 Å². The number of nitrogens with two attached hydrogens (primary N) is 1. The van der Waals surface area contributed by atoms with E-state index in [9.17, 15) is 14.7 Å². The van der Waals surface area contributed by atoms with Crippen LogP contribution in [0.25, 0.3) is 0 Å². The Kier molecular flexibility index (Phi) is 18.8. The van der Waals surface area contributed by atoms with E-state index < -0.39 is 17.2 Å². The highest BCUT2D eigenvalue weighted by Gasteiger charge is 2.29. The molecule has 1 atom stereocenters. The quantitative estimate of drug-likeness (QED) is 0.515. The fourth-order valence-corrected chi connectivity index (χ4v) is 4.28. The molecule has 0 radical (unpaired) electrons. The second-order valence-electron chi connectivity index (χ2n) is 9.11. The van der Waals surface area contributed by atoms with Crippen LogP contribution in [0.5, 0.6) is 5.75 Å². The summed E-state index contributed by atoms with van der Waals surface area (Å²) >= 11 is 0. The zero-order chi connectivity index (χ0) is 30.0. The lowest BCUT2D eigenvalue weighted by molar-refractivity contribution is 0.0940. The summed E-state index contributed by atoms with van der Waals surface area (Å²) in [6, 6.07) is 7.89. The van der Waals surface area contributed by atoms with Gasteiger partial charge >= 0.3 is 0 Å². The minimum absolute atomic E-state index is 0.0554. The number of aromatic nitrogens is 2. The van der Waals surface area contributed by atoms with Crippen molar-refractivity contribution >= 4 is 5.91 Å². The molecule has 39 heavy (non-hydrogen) atoms. The van der Waals surface area contributed by atoms with Crippen molar-refractivity contribution in [1.82, 2.24) is 24.7 Å². The van der Waals surface area contributed by atoms with Crippen molar-refractivity contribution in [3.63, 3.8) is 0 Å². The van der Waals surface area contributed by atoms with Crippen LogP contribution < -0.4 is 16.6 Å². The third-order valence-electron chi connectivity index (χ3n) is 6.38. The number of carbonyl (C=O) groups excluding carboxylic acids is 1. The molecule has 0 spiro atoms. The van der Waals surface area contributed by atoms with Crippen molar-refractivity contribution in [3.8, 4) is 5.75 Å². The fourth-order valence-electron chi connectivity index (χ4n) is 4.28. The van der Waals surface area contributed by atoms with Crippen molar-refractivity contribution in [2.24, 2.45) is 5.73 Å². The number of fused-ring (bicyclic) bond motifs is 1. The average molecular weight is 547 g/mol. The summed E-state index contributed by atoms with van der Waals surface area (Å²) in [4.78, 5) is 33.8. The summed E-state index contributed by atoms with van der Waals surface area (Å²) in [5.74, 6) is -0.598. The van der Waals surface area contributed by atoms with E-state index in [1.165, 1.54) is 43.1 Å². The number of nitrogens with one attached hydrogen (secondary N) is 1. The van der Waals surface area contributed by atoms with Crippen molar-refractivity contribution in [2.75, 3.05) is 41.3 Å². The van der Waals surface area contributed by atoms with Gasteiger partial charge in [0.25, 0.3) is 11.5 Å². The molecule has 9 heteroatoms. The molecule has 0 saturated carbocycles. The number of benzene rings is 1. The highest BCUT2D eigenvalue weighted by molar-refractivity contribution is 5.94. The summed E-state index contributed by atoms with van der Waals surface area (Å²) in [6.45, 7) is 13.5. The van der Waals surface area contributed by atoms with Crippen LogP contribution in [0.2, 0.25) is 0 Å². The van der Waals surface area contributed by atoms with Crippen LogP contribution in [-0.4, -0.2) is 71.6 Å². The lowest BCUT2D eigenvalue weighted by Gasteiger charge is -2.30. The van der Waals surface area contributed by atoms with Gasteiger partial charge in [0.1, 0.15) is 5.82 Å². The smallest absolute Gasteiger partial charge is 0.296 e. The zero-order valence-electron chi connectivity index (χ0n) is 25.9. The number of aromatic hydroxyl groups is 1. The van der Waals surface area contributed by atoms with Crippen molar-refractivity contribution in [1.29, 1.82) is 0 Å². The van der Waals surface area contributed by atoms with E-state index in [0.717, 1.165) is 24.8 Å². The van der Waals surface area contributed by atoms with E-state index in [0.29, 0.717) is 18.9 Å². The fraction of sp³-hybridized carbons (Fsp3) is 0.633. The van der Waals surface area contributed by atoms with Crippen LogP contribution in [0.1, 0.15) is 93.8 Å². The van der Waals surface area contributed by atoms with Gasteiger partial charge in [-0.2, -0.15) is 0 Å². The predicted octanol–water partition coefficient (Wildman–Crippen LogP) is 4.18. The van der Waals surface area contributed by atoms with E-state index in [1.807, 2.05) is 71.0 Å². The Balaban J connectivity index is 0.00000102. The second-order valence-corrected chi connectivity index (χ2v) is 9.11. The van der Waals surface area contributed by atoms with Crippen LogP contribution in [0, 0.1) is 0 Å². The largest absolute Gasteiger partial charge is 0.501 e. The molecule has 1 fully saturated rings. The van der Waals surface area contributed by atoms with E-state index in [2.05, 4.69) is 34.9 Å². The Bertz CT molecular complexity index is 999. The van der Waals surface area contributed by atoms with Crippen LogP contribution in [0.3, 0.4) is 0 Å². The average Bonchev–Trinajstić information content (AvgIpc) is 3.47. The molecule has 4 N–H and O–H groups in total. The van der Waals surface area contributed by atoms with Gasteiger partial charge in [0.2, 0.25) is 5.75 Å². The maximum atomic E-state index is 12.6. The number of aryl methyl sites for hydroxylation is 1. The van der Waals surface area contributed by atoms with E-state index >= 15 is 0 Å². The van der Waals surface area contributed by atoms with Crippen LogP contribution in [0.4, 0.5) is 0 Å². The van der Waals surface area contributed by atoms with Crippen molar-refractivity contribution in [2.45, 2.75) is 85.9 Å². The molecule has 2 aliphatic heterocycles. The Morgan fingerprint density at radius 2 is 1.56 bits per heavy atom. The van der Waals surface area contributed by atoms with Gasteiger partial charge in [-0.25, -0.2) is 4.98 Å². The molecule has 0 bridgehead atoms. The Hall–Kier alpha value is -2.75. The lowest BCUT2D eigenvalue weighted by Crippen LogP contribution is -2.37. The molecular weight excluding hydrogens is 492 g/mol. The van der Waals surface area contributed by atoms with E-state index in [4.69, 9.17) is 0 Å². The SMILES string of the molecule is CC.CC.CCc1ccc(CNC(=O)c2nc3n(c(=O)c2O)CCCC3N(C)C)cc1.CN.CN1CCCC1. The molecule has 2 aliphatic rings. The maximum absolute atomic E-state index is 12.6. The number of hydrogen-bond donors (Lipinski definition) is 3. The molecule has 1 saturated heterocycles. The van der Waals surface area contributed by atoms with Crippen LogP contribution in [-0.2, 0) is 19.5 Å². The summed E-state index contributed by atoms with van der Waals surface area (Å²) in [5.41, 5.74) is 5.91. The topological polar surface area (TPSA) is 117 Å². The van der Waals surface area contributed by atoms with Gasteiger partial charge < -0.3 is 21.1 Å². The number of hydrogen-bond acceptors (Lipinski definition) is 7. The molecule has 1 unspecified atom stereocenters. The van der Waals surface area contributed by atoms with Crippen LogP contribution in [0.15, 0.2) is 29.1 Å². The number of rotatable bonds is 5. The van der Waals surface area contributed by atoms with Gasteiger partial charge in [0.15, 0.2) is 5.69 Å². The number of likely N-dealkylation sites (tertiary alicyclic amines) is 1. The number of carbonyl (C=O) groups is 1. The summed E-state index contributed by atoms with van der Waals surface area (Å²) in [6.07, 6.45) is 5.47. The van der Waals surface area contributed by atoms with E-state index in [1.54, 1.807) is 0 Å². The third-order valence-corrected chi connectivity index (χ3v) is 6.38. The Labute approximate surface area is 236 Å². The lowest BCUT2D eigenvalue weighted by atomic mass is 10.1. The standard InChI is InChI=1S/C20H26N4O3.C5H11N.2C2H6.CH5N/c1-4-13-7-9-14(10-8-13)12-21-19(26)16-17(25)20(27)24-11-5-6-15(23(2)3)18(24)22-16;1-6-4-2-3-5-6;3*1-2/h7-10,15,25H,4-6,11-12H2,1-3H3,(H,21,26);2-5H2,1H3;2*1-2H3;2H2,1H3. The monoisotopic (exact) mass is 546 g/mol. The molecule has 1 amide bonds. The minimum atomic E-state index is -0.586. The minimum Gasteiger partial charge on any atom is -0.501 e. The molecule has 0 aliphatic carbocycles. The van der Waals surface area contributed by atoms with Gasteiger partial charge in [-0.15, -0.1) is 0 Å². The molecule has 1 aromatic carbocycles. The molecular formula is C30H54N6O3. The Morgan fingerprint density at radius 3 is 2.03 bits per heavy atom. The highest BCUT2D eigenvalue weighted by Crippen LogP contribution is 2.27. The first-order valence-corrected chi connectivity index (χ1v) is 14.4. The predicted molar refractivity (Wildman–Crippen MR) is 162 cm³/mol. The third kappa shape index (κ3) is 11.1. The van der Waals surface area contributed by atoms with Crippen molar-refractivity contribution in [3.05, 3.63) is 57.3 Å². The van der Waals surface area contributed by atoms with Crippen LogP contribution >= 0.6 is 0 Å². The summed E-state index contributed by atoms with van der Waals surface area (Å²) in [7, 11) is 7.51. The molecule has 2 aromatic rings. The molecule has 222 valence electrons. The van der Waals surface area contributed by atoms with Gasteiger partial charge in [-0.05, 0) is 84.5 Å². The van der Waals surface area contributed by atoms with Gasteiger partial charge in [-0.3, -0.25) is 19.1 Å². The highest BCUT2D eigenvalue weighted by atomic mass is 16.3.